The van der Waals surface area contributed by atoms with Gasteiger partial charge in [-0.3, -0.25) is 4.90 Å². The number of ether oxygens (including phenoxy) is 1. The number of piperidine rings is 1. The molecule has 1 aliphatic rings. The maximum Gasteiger partial charge on any atom is 0.119 e. The second-order valence-corrected chi connectivity index (χ2v) is 5.33. The van der Waals surface area contributed by atoms with Crippen LogP contribution in [0.5, 0.6) is 5.75 Å². The zero-order valence-electron chi connectivity index (χ0n) is 11.5. The number of nitrogens with zero attached hydrogens (tertiary/aromatic N) is 1. The molecule has 0 aromatic heterocycles. The number of likely N-dealkylation sites (tertiary alicyclic amines) is 1. The van der Waals surface area contributed by atoms with Gasteiger partial charge < -0.3 is 14.9 Å². The molecule has 0 bridgehead atoms. The van der Waals surface area contributed by atoms with Crippen molar-refractivity contribution in [2.24, 2.45) is 0 Å². The second kappa shape index (κ2) is 6.89. The first kappa shape index (κ1) is 14.3. The molecular formula is C15H23NO3. The summed E-state index contributed by atoms with van der Waals surface area (Å²) in [4.78, 5) is 2.09. The van der Waals surface area contributed by atoms with Crippen LogP contribution in [0.4, 0.5) is 0 Å². The van der Waals surface area contributed by atoms with Crippen LogP contribution in [0.1, 0.15) is 18.4 Å². The molecule has 0 spiro atoms. The fourth-order valence-corrected chi connectivity index (χ4v) is 2.37. The molecule has 1 aromatic rings. The molecule has 0 amide bonds. The number of aryl methyl sites for hydroxylation is 1. The average Bonchev–Trinajstić information content (AvgIpc) is 2.38. The Morgan fingerprint density at radius 2 is 2.11 bits per heavy atom. The Bertz CT molecular complexity index is 379. The summed E-state index contributed by atoms with van der Waals surface area (Å²) in [5, 5.41) is 19.5. The van der Waals surface area contributed by atoms with Crippen molar-refractivity contribution in [1.82, 2.24) is 4.90 Å². The Morgan fingerprint density at radius 1 is 1.37 bits per heavy atom. The molecule has 19 heavy (non-hydrogen) atoms. The van der Waals surface area contributed by atoms with E-state index in [1.807, 2.05) is 31.2 Å². The molecular weight excluding hydrogens is 242 g/mol. The zero-order valence-corrected chi connectivity index (χ0v) is 11.5. The van der Waals surface area contributed by atoms with Gasteiger partial charge in [-0.2, -0.15) is 0 Å². The summed E-state index contributed by atoms with van der Waals surface area (Å²) < 4.78 is 5.55. The van der Waals surface area contributed by atoms with Crippen molar-refractivity contribution in [3.8, 4) is 5.75 Å². The number of rotatable bonds is 5. The largest absolute Gasteiger partial charge is 0.491 e. The van der Waals surface area contributed by atoms with Gasteiger partial charge in [0.25, 0.3) is 0 Å². The van der Waals surface area contributed by atoms with E-state index < -0.39 is 6.10 Å². The van der Waals surface area contributed by atoms with Crippen LogP contribution >= 0.6 is 0 Å². The number of hydrogen-bond donors (Lipinski definition) is 2. The molecule has 1 saturated heterocycles. The van der Waals surface area contributed by atoms with Gasteiger partial charge in [0.05, 0.1) is 6.10 Å². The molecule has 1 heterocycles. The lowest BCUT2D eigenvalue weighted by Gasteiger charge is -2.31. The Kier molecular flexibility index (Phi) is 5.19. The van der Waals surface area contributed by atoms with Crippen LogP contribution in [0.2, 0.25) is 0 Å². The van der Waals surface area contributed by atoms with Crippen LogP contribution in [-0.4, -0.2) is 53.6 Å². The topological polar surface area (TPSA) is 52.9 Å². The highest BCUT2D eigenvalue weighted by molar-refractivity contribution is 5.26. The van der Waals surface area contributed by atoms with E-state index in [1.165, 1.54) is 5.56 Å². The van der Waals surface area contributed by atoms with Gasteiger partial charge in [0.15, 0.2) is 0 Å². The van der Waals surface area contributed by atoms with Crippen molar-refractivity contribution in [2.75, 3.05) is 26.2 Å². The highest BCUT2D eigenvalue weighted by Crippen LogP contribution is 2.13. The maximum atomic E-state index is 9.96. The minimum atomic E-state index is -0.522. The Morgan fingerprint density at radius 3 is 2.79 bits per heavy atom. The minimum absolute atomic E-state index is 0.251. The van der Waals surface area contributed by atoms with Gasteiger partial charge in [-0.1, -0.05) is 17.7 Å². The first-order chi connectivity index (χ1) is 9.13. The predicted octanol–water partition coefficient (Wildman–Crippen LogP) is 1.19. The normalized spacial score (nSPS) is 22.2. The van der Waals surface area contributed by atoms with E-state index in [2.05, 4.69) is 4.90 Å². The summed E-state index contributed by atoms with van der Waals surface area (Å²) in [7, 11) is 0. The standard InChI is InChI=1S/C15H23NO3/c1-12-4-6-15(7-5-12)19-11-14(18)10-16-8-2-3-13(17)9-16/h4-7,13-14,17-18H,2-3,8-11H2,1H3. The van der Waals surface area contributed by atoms with Crippen LogP contribution < -0.4 is 4.74 Å². The summed E-state index contributed by atoms with van der Waals surface area (Å²) in [6.45, 7) is 4.47. The fourth-order valence-electron chi connectivity index (χ4n) is 2.37. The van der Waals surface area contributed by atoms with Crippen molar-refractivity contribution in [3.05, 3.63) is 29.8 Å². The van der Waals surface area contributed by atoms with Crippen LogP contribution in [0.15, 0.2) is 24.3 Å². The lowest BCUT2D eigenvalue weighted by Crippen LogP contribution is -2.43. The van der Waals surface area contributed by atoms with Crippen molar-refractivity contribution in [3.63, 3.8) is 0 Å². The number of β-amino-alcohol motifs (C(OH)–C–C–N with tert-alkyl or cyclic N) is 2. The fraction of sp³-hybridized carbons (Fsp3) is 0.600. The van der Waals surface area contributed by atoms with E-state index in [9.17, 15) is 10.2 Å². The van der Waals surface area contributed by atoms with Crippen molar-refractivity contribution < 1.29 is 14.9 Å². The maximum absolute atomic E-state index is 9.96. The Labute approximate surface area is 114 Å². The van der Waals surface area contributed by atoms with Crippen LogP contribution in [-0.2, 0) is 0 Å². The van der Waals surface area contributed by atoms with E-state index in [0.717, 1.165) is 25.1 Å². The molecule has 1 aliphatic heterocycles. The second-order valence-electron chi connectivity index (χ2n) is 5.33. The van der Waals surface area contributed by atoms with E-state index >= 15 is 0 Å². The van der Waals surface area contributed by atoms with Gasteiger partial charge in [-0.25, -0.2) is 0 Å². The van der Waals surface area contributed by atoms with E-state index in [4.69, 9.17) is 4.74 Å². The van der Waals surface area contributed by atoms with Crippen molar-refractivity contribution in [1.29, 1.82) is 0 Å². The molecule has 2 N–H and O–H groups in total. The first-order valence-electron chi connectivity index (χ1n) is 6.91. The smallest absolute Gasteiger partial charge is 0.119 e. The number of aliphatic hydroxyl groups excluding tert-OH is 2. The van der Waals surface area contributed by atoms with E-state index in [-0.39, 0.29) is 12.7 Å². The molecule has 0 saturated carbocycles. The summed E-state index contributed by atoms with van der Waals surface area (Å²) >= 11 is 0. The van der Waals surface area contributed by atoms with Crippen LogP contribution in [0.3, 0.4) is 0 Å². The monoisotopic (exact) mass is 265 g/mol. The minimum Gasteiger partial charge on any atom is -0.491 e. The SMILES string of the molecule is Cc1ccc(OCC(O)CN2CCCC(O)C2)cc1. The summed E-state index contributed by atoms with van der Waals surface area (Å²) in [5.74, 6) is 0.781. The molecule has 4 heteroatoms. The lowest BCUT2D eigenvalue weighted by molar-refractivity contribution is 0.0243. The number of aliphatic hydroxyl groups is 2. The van der Waals surface area contributed by atoms with Crippen LogP contribution in [0, 0.1) is 6.92 Å². The summed E-state index contributed by atoms with van der Waals surface area (Å²) in [6, 6.07) is 7.80. The van der Waals surface area contributed by atoms with Crippen molar-refractivity contribution >= 4 is 0 Å². The van der Waals surface area contributed by atoms with Gasteiger partial charge in [0, 0.05) is 13.1 Å². The van der Waals surface area contributed by atoms with Gasteiger partial charge in [-0.05, 0) is 38.4 Å². The van der Waals surface area contributed by atoms with Crippen molar-refractivity contribution in [2.45, 2.75) is 32.0 Å². The Balaban J connectivity index is 1.72. The highest BCUT2D eigenvalue weighted by atomic mass is 16.5. The highest BCUT2D eigenvalue weighted by Gasteiger charge is 2.20. The summed E-state index contributed by atoms with van der Waals surface area (Å²) in [5.41, 5.74) is 1.19. The Hall–Kier alpha value is -1.10. The molecule has 4 nitrogen and oxygen atoms in total. The van der Waals surface area contributed by atoms with Gasteiger partial charge in [-0.15, -0.1) is 0 Å². The van der Waals surface area contributed by atoms with Gasteiger partial charge in [0.1, 0.15) is 18.5 Å². The molecule has 106 valence electrons. The first-order valence-corrected chi connectivity index (χ1v) is 6.91. The third-order valence-electron chi connectivity index (χ3n) is 3.41. The predicted molar refractivity (Wildman–Crippen MR) is 74.4 cm³/mol. The number of hydrogen-bond acceptors (Lipinski definition) is 4. The van der Waals surface area contributed by atoms with Gasteiger partial charge in [0.2, 0.25) is 0 Å². The third-order valence-corrected chi connectivity index (χ3v) is 3.41. The molecule has 1 fully saturated rings. The molecule has 0 radical (unpaired) electrons. The molecule has 1 aromatic carbocycles. The molecule has 0 aliphatic carbocycles. The molecule has 2 rings (SSSR count). The van der Waals surface area contributed by atoms with Crippen LogP contribution in [0.25, 0.3) is 0 Å². The lowest BCUT2D eigenvalue weighted by atomic mass is 10.1. The van der Waals surface area contributed by atoms with Gasteiger partial charge >= 0.3 is 0 Å². The number of benzene rings is 1. The summed E-state index contributed by atoms with van der Waals surface area (Å²) in [6.07, 6.45) is 1.09. The quantitative estimate of drug-likeness (QED) is 0.840. The zero-order chi connectivity index (χ0) is 13.7. The van der Waals surface area contributed by atoms with E-state index in [1.54, 1.807) is 0 Å². The molecule has 2 atom stereocenters. The molecule has 2 unspecified atom stereocenters. The average molecular weight is 265 g/mol. The van der Waals surface area contributed by atoms with E-state index in [0.29, 0.717) is 13.1 Å². The third kappa shape index (κ3) is 4.82.